The van der Waals surface area contributed by atoms with Crippen molar-refractivity contribution in [2.24, 2.45) is 29.6 Å². The number of nitrogens with zero attached hydrogens (tertiary/aromatic N) is 1. The van der Waals surface area contributed by atoms with E-state index >= 15 is 0 Å². The molecule has 2 saturated carbocycles. The molecule has 2 bridgehead atoms. The molecule has 0 unspecified atom stereocenters. The van der Waals surface area contributed by atoms with Crippen molar-refractivity contribution < 1.29 is 37.0 Å². The minimum Gasteiger partial charge on any atom is -0.497 e. The number of amides is 3. The molecule has 4 aliphatic rings. The van der Waals surface area contributed by atoms with Gasteiger partial charge < -0.3 is 19.8 Å². The largest absolute Gasteiger partial charge is 0.497 e. The second-order valence-electron chi connectivity index (χ2n) is 12.7. The van der Waals surface area contributed by atoms with E-state index in [0.29, 0.717) is 34.2 Å². The fourth-order valence-corrected chi connectivity index (χ4v) is 11.7. The van der Waals surface area contributed by atoms with E-state index in [-0.39, 0.29) is 34.5 Å². The van der Waals surface area contributed by atoms with Crippen molar-refractivity contribution in [3.8, 4) is 11.5 Å². The number of nitrogens with one attached hydrogen (secondary N) is 2. The predicted molar refractivity (Wildman–Crippen MR) is 184 cm³/mol. The third-order valence-corrected chi connectivity index (χ3v) is 13.3. The van der Waals surface area contributed by atoms with Crippen LogP contribution in [-0.2, 0) is 20.6 Å². The number of hydrogen-bond acceptors (Lipinski definition) is 8. The quantitative estimate of drug-likeness (QED) is 0.196. The number of hydrogen-bond donors (Lipinski definition) is 2. The summed E-state index contributed by atoms with van der Waals surface area (Å²) >= 11 is 6.09. The first kappa shape index (κ1) is 33.1. The molecule has 7 atom stereocenters. The highest BCUT2D eigenvalue weighted by atomic mass is 79.9. The number of para-hydroxylation sites is 1. The molecule has 15 heteroatoms. The second kappa shape index (κ2) is 12.3. The Labute approximate surface area is 299 Å². The van der Waals surface area contributed by atoms with Crippen molar-refractivity contribution in [3.05, 3.63) is 96.9 Å². The van der Waals surface area contributed by atoms with Gasteiger partial charge in [0.2, 0.25) is 11.8 Å². The van der Waals surface area contributed by atoms with Gasteiger partial charge in [-0.2, -0.15) is 13.2 Å². The van der Waals surface area contributed by atoms with Gasteiger partial charge in [-0.25, -0.2) is 4.90 Å². The number of aromatic amines is 1. The lowest BCUT2D eigenvalue weighted by Crippen LogP contribution is -2.42. The highest BCUT2D eigenvalue weighted by molar-refractivity contribution is 9.10. The summed E-state index contributed by atoms with van der Waals surface area (Å²) in [6.45, 7) is -0.316. The number of fused-ring (bicyclic) bond motifs is 9. The van der Waals surface area contributed by atoms with E-state index in [9.17, 15) is 32.3 Å². The van der Waals surface area contributed by atoms with E-state index in [1.165, 1.54) is 30.0 Å². The molecule has 50 heavy (non-hydrogen) atoms. The maximum Gasteiger partial charge on any atom is 0.418 e. The Morgan fingerprint density at radius 1 is 1.02 bits per heavy atom. The number of rotatable bonds is 7. The number of aromatic nitrogens is 1. The lowest BCUT2D eigenvalue weighted by Gasteiger charge is -2.43. The van der Waals surface area contributed by atoms with Crippen LogP contribution >= 0.6 is 39.0 Å². The van der Waals surface area contributed by atoms with E-state index < -0.39 is 52.9 Å². The van der Waals surface area contributed by atoms with Crippen molar-refractivity contribution in [1.82, 2.24) is 4.98 Å². The molecule has 3 amide bonds. The fraction of sp³-hybridized carbons (Fsp3) is 0.314. The Morgan fingerprint density at radius 3 is 2.46 bits per heavy atom. The van der Waals surface area contributed by atoms with Crippen LogP contribution in [0.25, 0.3) is 0 Å². The van der Waals surface area contributed by atoms with Gasteiger partial charge >= 0.3 is 11.0 Å². The zero-order chi connectivity index (χ0) is 35.1. The fourth-order valence-electron chi connectivity index (χ4n) is 8.42. The first-order valence-corrected chi connectivity index (χ1v) is 18.2. The molecule has 2 aliphatic heterocycles. The lowest BCUT2D eigenvalue weighted by molar-refractivity contribution is -0.137. The highest BCUT2D eigenvalue weighted by Gasteiger charge is 2.70. The van der Waals surface area contributed by atoms with Crippen LogP contribution in [0.1, 0.15) is 28.3 Å². The summed E-state index contributed by atoms with van der Waals surface area (Å²) in [4.78, 5) is 58.0. The van der Waals surface area contributed by atoms with E-state index in [1.54, 1.807) is 43.5 Å². The molecule has 9 nitrogen and oxygen atoms in total. The van der Waals surface area contributed by atoms with Crippen molar-refractivity contribution >= 4 is 68.1 Å². The number of H-pyrrole nitrogens is 1. The molecule has 258 valence electrons. The van der Waals surface area contributed by atoms with Crippen LogP contribution in [0.15, 0.2) is 81.0 Å². The summed E-state index contributed by atoms with van der Waals surface area (Å²) in [5, 5.41) is 3.25. The normalized spacial score (nSPS) is 26.4. The average molecular weight is 787 g/mol. The number of carbonyl (C=O) groups is 3. The summed E-state index contributed by atoms with van der Waals surface area (Å²) < 4.78 is 54.1. The van der Waals surface area contributed by atoms with Gasteiger partial charge in [-0.15, -0.1) is 11.8 Å². The number of imide groups is 1. The first-order chi connectivity index (χ1) is 23.9. The third-order valence-electron chi connectivity index (χ3n) is 10.2. The number of ether oxygens (including phenoxy) is 2. The third kappa shape index (κ3) is 5.35. The SMILES string of the molecule is COc1ccc(NC(=O)COc2ccc(Br)cc2[C@@H]2c3sc(=O)[nH]c3S[C@@H]3[C@@H]4C[C@@H]([C@@H]5C(=O)N(c6ccccc6C(F)(F)F)C(=O)[C@@H]45)[C@H]23)cc1. The van der Waals surface area contributed by atoms with Crippen LogP contribution < -0.4 is 24.6 Å². The Kier molecular flexibility index (Phi) is 8.14. The molecular formula is C35H27BrF3N3O6S2. The Bertz CT molecular complexity index is 2100. The van der Waals surface area contributed by atoms with Crippen molar-refractivity contribution in [2.45, 2.75) is 28.8 Å². The molecule has 4 aromatic rings. The Balaban J connectivity index is 1.13. The number of methoxy groups -OCH3 is 1. The molecule has 0 radical (unpaired) electrons. The van der Waals surface area contributed by atoms with Gasteiger partial charge in [0.1, 0.15) is 11.5 Å². The van der Waals surface area contributed by atoms with Crippen molar-refractivity contribution in [1.29, 1.82) is 0 Å². The molecule has 2 aliphatic carbocycles. The van der Waals surface area contributed by atoms with Gasteiger partial charge in [0, 0.05) is 31.8 Å². The topological polar surface area (TPSA) is 118 Å². The van der Waals surface area contributed by atoms with Gasteiger partial charge in [-0.1, -0.05) is 39.4 Å². The zero-order valence-electron chi connectivity index (χ0n) is 26.0. The van der Waals surface area contributed by atoms with Crippen LogP contribution in [0, 0.1) is 29.6 Å². The molecule has 3 heterocycles. The maximum atomic E-state index is 14.1. The molecule has 2 N–H and O–H groups in total. The van der Waals surface area contributed by atoms with E-state index in [0.717, 1.165) is 31.7 Å². The Morgan fingerprint density at radius 2 is 1.74 bits per heavy atom. The number of halogens is 4. The molecular weight excluding hydrogens is 759 g/mol. The molecule has 3 fully saturated rings. The number of thiazole rings is 1. The van der Waals surface area contributed by atoms with Gasteiger partial charge in [-0.3, -0.25) is 19.2 Å². The van der Waals surface area contributed by atoms with Crippen LogP contribution in [0.4, 0.5) is 24.5 Å². The Hall–Kier alpha value is -4.08. The van der Waals surface area contributed by atoms with E-state index in [1.807, 2.05) is 6.07 Å². The second-order valence-corrected chi connectivity index (χ2v) is 15.9. The number of alkyl halides is 3. The van der Waals surface area contributed by atoms with Crippen LogP contribution in [-0.4, -0.2) is 41.7 Å². The summed E-state index contributed by atoms with van der Waals surface area (Å²) in [6.07, 6.45) is -4.21. The van der Waals surface area contributed by atoms with E-state index in [4.69, 9.17) is 9.47 Å². The molecule has 0 spiro atoms. The van der Waals surface area contributed by atoms with Gasteiger partial charge in [0.05, 0.1) is 35.2 Å². The number of thioether (sulfide) groups is 1. The van der Waals surface area contributed by atoms with Crippen LogP contribution in [0.2, 0.25) is 0 Å². The van der Waals surface area contributed by atoms with Crippen LogP contribution in [0.5, 0.6) is 11.5 Å². The smallest absolute Gasteiger partial charge is 0.418 e. The van der Waals surface area contributed by atoms with Gasteiger partial charge in [0.15, 0.2) is 6.61 Å². The summed E-state index contributed by atoms with van der Waals surface area (Å²) in [6, 6.07) is 16.9. The molecule has 8 rings (SSSR count). The first-order valence-electron chi connectivity index (χ1n) is 15.7. The predicted octanol–water partition coefficient (Wildman–Crippen LogP) is 6.92. The number of anilines is 2. The lowest BCUT2D eigenvalue weighted by atomic mass is 9.68. The minimum atomic E-state index is -4.76. The summed E-state index contributed by atoms with van der Waals surface area (Å²) in [7, 11) is 1.55. The average Bonchev–Trinajstić information content (AvgIpc) is 3.82. The van der Waals surface area contributed by atoms with Crippen molar-refractivity contribution in [3.63, 3.8) is 0 Å². The highest BCUT2D eigenvalue weighted by Crippen LogP contribution is 2.69. The minimum absolute atomic E-state index is 0.205. The van der Waals surface area contributed by atoms with E-state index in [2.05, 4.69) is 26.2 Å². The standard InChI is InChI=1S/C35H27BrF3N3O6S2/c1-47-17-9-7-16(8-10-17)40-24(43)14-48-23-11-6-15(36)12-18(23)25-26-19-13-20(29(26)49-31-30(25)50-34(46)41-31)28-27(19)32(44)42(33(28)45)22-5-3-2-4-21(22)35(37,38)39/h2-12,19-20,25-29H,13-14H2,1H3,(H,40,43)(H,41,46)/t19-,20-,25+,26-,27+,28+,29-/m1/s1. The van der Waals surface area contributed by atoms with Crippen LogP contribution in [0.3, 0.4) is 0 Å². The van der Waals surface area contributed by atoms with Gasteiger partial charge in [-0.05, 0) is 78.8 Å². The van der Waals surface area contributed by atoms with Crippen molar-refractivity contribution in [2.75, 3.05) is 23.9 Å². The van der Waals surface area contributed by atoms with Gasteiger partial charge in [0.25, 0.3) is 5.91 Å². The summed E-state index contributed by atoms with van der Waals surface area (Å²) in [5.74, 6) is -3.50. The number of benzene rings is 3. The molecule has 1 aromatic heterocycles. The zero-order valence-corrected chi connectivity index (χ0v) is 29.3. The summed E-state index contributed by atoms with van der Waals surface area (Å²) in [5.41, 5.74) is -0.229. The number of carbonyl (C=O) groups excluding carboxylic acids is 3. The molecule has 1 saturated heterocycles. The molecule has 3 aromatic carbocycles. The monoisotopic (exact) mass is 785 g/mol. The maximum absolute atomic E-state index is 14.1.